The molecule has 2 atom stereocenters. The van der Waals surface area contributed by atoms with E-state index < -0.39 is 0 Å². The van der Waals surface area contributed by atoms with Gasteiger partial charge in [-0.1, -0.05) is 25.1 Å². The van der Waals surface area contributed by atoms with Crippen molar-refractivity contribution in [2.45, 2.75) is 57.7 Å². The summed E-state index contributed by atoms with van der Waals surface area (Å²) in [5.74, 6) is 2.22. The molecule has 0 saturated carbocycles. The number of para-hydroxylation sites is 1. The Bertz CT molecular complexity index is 525. The third-order valence-corrected chi connectivity index (χ3v) is 4.47. The molecule has 4 nitrogen and oxygen atoms in total. The minimum absolute atomic E-state index is 0. The monoisotopic (exact) mass is 373 g/mol. The molecule has 0 amide bonds. The van der Waals surface area contributed by atoms with Crippen molar-refractivity contribution in [1.29, 1.82) is 0 Å². The molecule has 0 spiro atoms. The molecule has 136 valence electrons. The highest BCUT2D eigenvalue weighted by Gasteiger charge is 2.20. The number of ether oxygens (including phenoxy) is 1. The molecule has 2 N–H and O–H groups in total. The van der Waals surface area contributed by atoms with E-state index in [1.807, 2.05) is 6.07 Å². The van der Waals surface area contributed by atoms with E-state index in [1.165, 1.54) is 24.2 Å². The van der Waals surface area contributed by atoms with Gasteiger partial charge in [0.1, 0.15) is 11.9 Å². The van der Waals surface area contributed by atoms with Crippen molar-refractivity contribution in [1.82, 2.24) is 10.6 Å². The number of rotatable bonds is 5. The van der Waals surface area contributed by atoms with E-state index in [2.05, 4.69) is 40.7 Å². The van der Waals surface area contributed by atoms with Crippen LogP contribution in [0, 0.1) is 0 Å². The highest BCUT2D eigenvalue weighted by Crippen LogP contribution is 2.26. The normalized spacial score (nSPS) is 20.4. The van der Waals surface area contributed by atoms with Crippen LogP contribution in [0.25, 0.3) is 0 Å². The molecule has 24 heavy (non-hydrogen) atoms. The summed E-state index contributed by atoms with van der Waals surface area (Å²) in [6.45, 7) is 4.06. The Balaban J connectivity index is 0.00000144. The number of halogens is 2. The molecular formula is C18H29Cl2N3O. The van der Waals surface area contributed by atoms with Crippen LogP contribution in [-0.2, 0) is 6.42 Å². The lowest BCUT2D eigenvalue weighted by Crippen LogP contribution is -2.49. The molecule has 0 bridgehead atoms. The second kappa shape index (κ2) is 10.8. The van der Waals surface area contributed by atoms with Crippen molar-refractivity contribution in [3.63, 3.8) is 0 Å². The lowest BCUT2D eigenvalue weighted by Gasteiger charge is -2.29. The minimum atomic E-state index is 0. The Morgan fingerprint density at radius 3 is 2.79 bits per heavy atom. The van der Waals surface area contributed by atoms with Crippen LogP contribution in [0.5, 0.6) is 5.75 Å². The molecule has 0 aromatic heterocycles. The van der Waals surface area contributed by atoms with Crippen LogP contribution in [0.1, 0.15) is 44.6 Å². The lowest BCUT2D eigenvalue weighted by molar-refractivity contribution is 0.164. The van der Waals surface area contributed by atoms with Gasteiger partial charge in [0, 0.05) is 19.5 Å². The molecule has 2 aliphatic heterocycles. The topological polar surface area (TPSA) is 45.6 Å². The van der Waals surface area contributed by atoms with Crippen molar-refractivity contribution in [3.8, 4) is 5.75 Å². The fourth-order valence-electron chi connectivity index (χ4n) is 3.11. The second-order valence-corrected chi connectivity index (χ2v) is 6.19. The van der Waals surface area contributed by atoms with E-state index in [-0.39, 0.29) is 37.1 Å². The number of aryl methyl sites for hydroxylation is 1. The maximum Gasteiger partial charge on any atom is 0.122 e. The SMILES string of the molecule is CCC(NCC1CCc2ccccc2O1)NC1=NCCCC1.Cl.Cl. The molecule has 6 heteroatoms. The van der Waals surface area contributed by atoms with Gasteiger partial charge < -0.3 is 10.1 Å². The molecular weight excluding hydrogens is 345 g/mol. The molecule has 2 unspecified atom stereocenters. The zero-order chi connectivity index (χ0) is 15.2. The summed E-state index contributed by atoms with van der Waals surface area (Å²) >= 11 is 0. The third-order valence-electron chi connectivity index (χ3n) is 4.47. The van der Waals surface area contributed by atoms with Crippen LogP contribution in [0.15, 0.2) is 29.3 Å². The summed E-state index contributed by atoms with van der Waals surface area (Å²) in [6, 6.07) is 8.37. The fourth-order valence-corrected chi connectivity index (χ4v) is 3.11. The summed E-state index contributed by atoms with van der Waals surface area (Å²) in [6.07, 6.45) is 7.36. The number of nitrogens with one attached hydrogen (secondary N) is 2. The summed E-state index contributed by atoms with van der Waals surface area (Å²) in [5, 5.41) is 7.15. The van der Waals surface area contributed by atoms with Gasteiger partial charge in [-0.2, -0.15) is 0 Å². The quantitative estimate of drug-likeness (QED) is 0.773. The average molecular weight is 374 g/mol. The largest absolute Gasteiger partial charge is 0.489 e. The highest BCUT2D eigenvalue weighted by molar-refractivity contribution is 5.85. The number of hydrogen-bond donors (Lipinski definition) is 2. The van der Waals surface area contributed by atoms with Gasteiger partial charge in [-0.15, -0.1) is 24.8 Å². The van der Waals surface area contributed by atoms with Crippen molar-refractivity contribution in [2.24, 2.45) is 4.99 Å². The molecule has 2 heterocycles. The number of hydrogen-bond acceptors (Lipinski definition) is 4. The van der Waals surface area contributed by atoms with Gasteiger partial charge in [0.25, 0.3) is 0 Å². The molecule has 0 saturated heterocycles. The minimum Gasteiger partial charge on any atom is -0.489 e. The summed E-state index contributed by atoms with van der Waals surface area (Å²) < 4.78 is 6.10. The van der Waals surface area contributed by atoms with Gasteiger partial charge in [0.15, 0.2) is 0 Å². The van der Waals surface area contributed by atoms with Crippen LogP contribution < -0.4 is 15.4 Å². The standard InChI is InChI=1S/C18H27N3O.2ClH/c1-2-17(21-18-9-5-6-12-19-18)20-13-15-11-10-14-7-3-4-8-16(14)22-15;;/h3-4,7-8,15,17,20H,2,5-6,9-13H2,1H3,(H,19,21);2*1H. The highest BCUT2D eigenvalue weighted by atomic mass is 35.5. The zero-order valence-corrected chi connectivity index (χ0v) is 15.9. The number of amidine groups is 1. The van der Waals surface area contributed by atoms with Gasteiger partial charge in [0.2, 0.25) is 0 Å². The zero-order valence-electron chi connectivity index (χ0n) is 14.3. The van der Waals surface area contributed by atoms with Crippen molar-refractivity contribution in [3.05, 3.63) is 29.8 Å². The maximum absolute atomic E-state index is 6.10. The molecule has 2 aliphatic rings. The Labute approximate surface area is 157 Å². The third kappa shape index (κ3) is 5.83. The van der Waals surface area contributed by atoms with Crippen LogP contribution in [0.3, 0.4) is 0 Å². The average Bonchev–Trinajstić information content (AvgIpc) is 2.59. The van der Waals surface area contributed by atoms with Crippen molar-refractivity contribution < 1.29 is 4.74 Å². The Hall–Kier alpha value is -0.970. The van der Waals surface area contributed by atoms with Crippen LogP contribution in [-0.4, -0.2) is 31.2 Å². The first kappa shape index (κ1) is 21.1. The van der Waals surface area contributed by atoms with E-state index in [1.54, 1.807) is 0 Å². The van der Waals surface area contributed by atoms with E-state index in [0.29, 0.717) is 0 Å². The summed E-state index contributed by atoms with van der Waals surface area (Å²) in [5.41, 5.74) is 1.33. The first-order chi connectivity index (χ1) is 10.8. The molecule has 3 rings (SSSR count). The van der Waals surface area contributed by atoms with E-state index >= 15 is 0 Å². The van der Waals surface area contributed by atoms with Gasteiger partial charge in [-0.25, -0.2) is 0 Å². The molecule has 1 aromatic carbocycles. The first-order valence-electron chi connectivity index (χ1n) is 8.63. The Morgan fingerprint density at radius 2 is 2.04 bits per heavy atom. The number of aliphatic imine (C=N–C) groups is 1. The first-order valence-corrected chi connectivity index (χ1v) is 8.63. The second-order valence-electron chi connectivity index (χ2n) is 6.19. The number of benzene rings is 1. The number of fused-ring (bicyclic) bond motifs is 1. The lowest BCUT2D eigenvalue weighted by atomic mass is 10.0. The smallest absolute Gasteiger partial charge is 0.122 e. The van der Waals surface area contributed by atoms with Crippen LogP contribution in [0.2, 0.25) is 0 Å². The predicted octanol–water partition coefficient (Wildman–Crippen LogP) is 3.72. The molecule has 0 aliphatic carbocycles. The van der Waals surface area contributed by atoms with Crippen LogP contribution >= 0.6 is 24.8 Å². The van der Waals surface area contributed by atoms with E-state index in [9.17, 15) is 0 Å². The fraction of sp³-hybridized carbons (Fsp3) is 0.611. The molecule has 1 aromatic rings. The maximum atomic E-state index is 6.10. The van der Waals surface area contributed by atoms with Crippen LogP contribution in [0.4, 0.5) is 0 Å². The van der Waals surface area contributed by atoms with E-state index in [4.69, 9.17) is 4.74 Å². The van der Waals surface area contributed by atoms with Crippen molar-refractivity contribution >= 4 is 30.6 Å². The van der Waals surface area contributed by atoms with Gasteiger partial charge in [-0.05, 0) is 43.7 Å². The molecule has 0 radical (unpaired) electrons. The van der Waals surface area contributed by atoms with Gasteiger partial charge in [-0.3, -0.25) is 10.3 Å². The summed E-state index contributed by atoms with van der Waals surface area (Å²) in [7, 11) is 0. The van der Waals surface area contributed by atoms with Gasteiger partial charge in [0.05, 0.1) is 12.0 Å². The number of nitrogens with zero attached hydrogens (tertiary/aromatic N) is 1. The van der Waals surface area contributed by atoms with Gasteiger partial charge >= 0.3 is 0 Å². The predicted molar refractivity (Wildman–Crippen MR) is 105 cm³/mol. The van der Waals surface area contributed by atoms with Crippen molar-refractivity contribution in [2.75, 3.05) is 13.1 Å². The summed E-state index contributed by atoms with van der Waals surface area (Å²) in [4.78, 5) is 4.58. The Kier molecular flexibility index (Phi) is 9.49. The van der Waals surface area contributed by atoms with E-state index in [0.717, 1.165) is 44.5 Å². The molecule has 0 fully saturated rings. The Morgan fingerprint density at radius 1 is 1.21 bits per heavy atom.